The maximum absolute atomic E-state index is 12.8. The van der Waals surface area contributed by atoms with Crippen LogP contribution in [0.2, 0.25) is 0 Å². The van der Waals surface area contributed by atoms with Gasteiger partial charge in [0.15, 0.2) is 0 Å². The summed E-state index contributed by atoms with van der Waals surface area (Å²) in [6, 6.07) is 14.6. The van der Waals surface area contributed by atoms with Crippen molar-refractivity contribution in [3.63, 3.8) is 0 Å². The van der Waals surface area contributed by atoms with Gasteiger partial charge in [0.05, 0.1) is 6.54 Å². The van der Waals surface area contributed by atoms with Crippen LogP contribution in [-0.4, -0.2) is 79.6 Å². The SMILES string of the molecule is Cc1cccc(N2CCN(C(=O)CN3CCN(c4ccccn4)CC3)CC2)c1. The lowest BCUT2D eigenvalue weighted by atomic mass is 10.2. The van der Waals surface area contributed by atoms with E-state index in [0.717, 1.165) is 58.2 Å². The molecule has 6 heteroatoms. The molecule has 0 bridgehead atoms. The van der Waals surface area contributed by atoms with E-state index < -0.39 is 0 Å². The number of carbonyl (C=O) groups is 1. The third-order valence-corrected chi connectivity index (χ3v) is 5.70. The summed E-state index contributed by atoms with van der Waals surface area (Å²) in [5.41, 5.74) is 2.54. The van der Waals surface area contributed by atoms with Crippen molar-refractivity contribution in [1.29, 1.82) is 0 Å². The smallest absolute Gasteiger partial charge is 0.236 e. The number of hydrogen-bond acceptors (Lipinski definition) is 5. The summed E-state index contributed by atoms with van der Waals surface area (Å²) in [4.78, 5) is 26.2. The van der Waals surface area contributed by atoms with Crippen molar-refractivity contribution in [2.45, 2.75) is 6.92 Å². The Morgan fingerprint density at radius 1 is 0.893 bits per heavy atom. The minimum Gasteiger partial charge on any atom is -0.368 e. The highest BCUT2D eigenvalue weighted by Crippen LogP contribution is 2.18. The zero-order valence-corrected chi connectivity index (χ0v) is 16.6. The van der Waals surface area contributed by atoms with Gasteiger partial charge in [0.1, 0.15) is 5.82 Å². The molecule has 6 nitrogen and oxygen atoms in total. The van der Waals surface area contributed by atoms with E-state index >= 15 is 0 Å². The van der Waals surface area contributed by atoms with Gasteiger partial charge in [-0.2, -0.15) is 0 Å². The van der Waals surface area contributed by atoms with E-state index in [4.69, 9.17) is 0 Å². The Hall–Kier alpha value is -2.60. The highest BCUT2D eigenvalue weighted by molar-refractivity contribution is 5.78. The molecular weight excluding hydrogens is 350 g/mol. The Bertz CT molecular complexity index is 781. The molecule has 2 saturated heterocycles. The van der Waals surface area contributed by atoms with Gasteiger partial charge in [-0.05, 0) is 36.8 Å². The first-order chi connectivity index (χ1) is 13.7. The standard InChI is InChI=1S/C22H29N5O/c1-19-5-4-6-20(17-19)25-13-15-27(16-14-25)22(28)18-24-9-11-26(12-10-24)21-7-2-3-8-23-21/h2-8,17H,9-16,18H2,1H3. The van der Waals surface area contributed by atoms with Gasteiger partial charge in [-0.15, -0.1) is 0 Å². The van der Waals surface area contributed by atoms with Crippen molar-refractivity contribution in [2.75, 3.05) is 68.7 Å². The predicted molar refractivity (Wildman–Crippen MR) is 113 cm³/mol. The quantitative estimate of drug-likeness (QED) is 0.811. The molecule has 1 aromatic heterocycles. The van der Waals surface area contributed by atoms with Crippen LogP contribution < -0.4 is 9.80 Å². The molecule has 1 amide bonds. The summed E-state index contributed by atoms with van der Waals surface area (Å²) in [6.07, 6.45) is 1.83. The fraction of sp³-hybridized carbons (Fsp3) is 0.455. The van der Waals surface area contributed by atoms with Gasteiger partial charge in [-0.1, -0.05) is 18.2 Å². The fourth-order valence-corrected chi connectivity index (χ4v) is 4.01. The van der Waals surface area contributed by atoms with Crippen LogP contribution in [0, 0.1) is 6.92 Å². The van der Waals surface area contributed by atoms with E-state index in [0.29, 0.717) is 6.54 Å². The number of aryl methyl sites for hydroxylation is 1. The summed E-state index contributed by atoms with van der Waals surface area (Å²) < 4.78 is 0. The molecule has 28 heavy (non-hydrogen) atoms. The molecule has 0 radical (unpaired) electrons. The molecule has 0 N–H and O–H groups in total. The van der Waals surface area contributed by atoms with Crippen LogP contribution in [0.4, 0.5) is 11.5 Å². The number of rotatable bonds is 4. The first kappa shape index (κ1) is 18.7. The van der Waals surface area contributed by atoms with Crippen LogP contribution in [0.3, 0.4) is 0 Å². The first-order valence-electron chi connectivity index (χ1n) is 10.2. The van der Waals surface area contributed by atoms with Gasteiger partial charge in [0.25, 0.3) is 0 Å². The molecule has 148 valence electrons. The van der Waals surface area contributed by atoms with E-state index in [1.54, 1.807) is 0 Å². The number of pyridine rings is 1. The molecule has 0 spiro atoms. The molecule has 3 heterocycles. The van der Waals surface area contributed by atoms with Gasteiger partial charge in [-0.3, -0.25) is 9.69 Å². The molecule has 0 unspecified atom stereocenters. The molecule has 1 aromatic carbocycles. The lowest BCUT2D eigenvalue weighted by Crippen LogP contribution is -2.54. The van der Waals surface area contributed by atoms with E-state index in [2.05, 4.69) is 56.9 Å². The predicted octanol–water partition coefficient (Wildman–Crippen LogP) is 1.86. The number of amides is 1. The van der Waals surface area contributed by atoms with E-state index in [9.17, 15) is 4.79 Å². The minimum absolute atomic E-state index is 0.259. The second-order valence-corrected chi connectivity index (χ2v) is 7.66. The number of carbonyl (C=O) groups excluding carboxylic acids is 1. The molecule has 2 aliphatic heterocycles. The van der Waals surface area contributed by atoms with Gasteiger partial charge in [-0.25, -0.2) is 4.98 Å². The highest BCUT2D eigenvalue weighted by atomic mass is 16.2. The third kappa shape index (κ3) is 4.44. The third-order valence-electron chi connectivity index (χ3n) is 5.70. The molecule has 0 aliphatic carbocycles. The molecule has 2 aromatic rings. The lowest BCUT2D eigenvalue weighted by molar-refractivity contribution is -0.132. The lowest BCUT2D eigenvalue weighted by Gasteiger charge is -2.39. The van der Waals surface area contributed by atoms with Gasteiger partial charge < -0.3 is 14.7 Å². The largest absolute Gasteiger partial charge is 0.368 e. The Kier molecular flexibility index (Phi) is 5.76. The van der Waals surface area contributed by atoms with Crippen LogP contribution in [0.5, 0.6) is 0 Å². The van der Waals surface area contributed by atoms with Crippen LogP contribution >= 0.6 is 0 Å². The first-order valence-corrected chi connectivity index (χ1v) is 10.2. The molecular formula is C22H29N5O. The van der Waals surface area contributed by atoms with Gasteiger partial charge in [0, 0.05) is 64.2 Å². The van der Waals surface area contributed by atoms with Crippen molar-refractivity contribution >= 4 is 17.4 Å². The monoisotopic (exact) mass is 379 g/mol. The highest BCUT2D eigenvalue weighted by Gasteiger charge is 2.25. The zero-order valence-electron chi connectivity index (χ0n) is 16.6. The number of piperazine rings is 2. The average Bonchev–Trinajstić information content (AvgIpc) is 2.75. The molecule has 2 aliphatic rings. The number of hydrogen-bond donors (Lipinski definition) is 0. The van der Waals surface area contributed by atoms with Gasteiger partial charge >= 0.3 is 0 Å². The van der Waals surface area contributed by atoms with Crippen molar-refractivity contribution in [3.05, 3.63) is 54.2 Å². The summed E-state index contributed by atoms with van der Waals surface area (Å²) in [7, 11) is 0. The van der Waals surface area contributed by atoms with Crippen LogP contribution in [0.15, 0.2) is 48.7 Å². The maximum Gasteiger partial charge on any atom is 0.236 e. The Morgan fingerprint density at radius 2 is 1.64 bits per heavy atom. The summed E-state index contributed by atoms with van der Waals surface area (Å²) in [6.45, 7) is 9.73. The average molecular weight is 380 g/mol. The van der Waals surface area contributed by atoms with Crippen molar-refractivity contribution in [2.24, 2.45) is 0 Å². The van der Waals surface area contributed by atoms with Crippen molar-refractivity contribution in [1.82, 2.24) is 14.8 Å². The molecule has 0 atom stereocenters. The normalized spacial score (nSPS) is 18.4. The maximum atomic E-state index is 12.8. The second kappa shape index (κ2) is 8.61. The van der Waals surface area contributed by atoms with E-state index in [-0.39, 0.29) is 5.91 Å². The Morgan fingerprint density at radius 3 is 2.32 bits per heavy atom. The number of nitrogens with zero attached hydrogens (tertiary/aromatic N) is 5. The van der Waals surface area contributed by atoms with Crippen LogP contribution in [0.1, 0.15) is 5.56 Å². The van der Waals surface area contributed by atoms with E-state index in [1.807, 2.05) is 23.2 Å². The van der Waals surface area contributed by atoms with Crippen LogP contribution in [-0.2, 0) is 4.79 Å². The van der Waals surface area contributed by atoms with Crippen molar-refractivity contribution in [3.8, 4) is 0 Å². The number of aromatic nitrogens is 1. The van der Waals surface area contributed by atoms with E-state index in [1.165, 1.54) is 11.3 Å². The number of anilines is 2. The van der Waals surface area contributed by atoms with Gasteiger partial charge in [0.2, 0.25) is 5.91 Å². The summed E-state index contributed by atoms with van der Waals surface area (Å²) in [5.74, 6) is 1.29. The zero-order chi connectivity index (χ0) is 19.3. The minimum atomic E-state index is 0.259. The second-order valence-electron chi connectivity index (χ2n) is 7.66. The van der Waals surface area contributed by atoms with Crippen LogP contribution in [0.25, 0.3) is 0 Å². The summed E-state index contributed by atoms with van der Waals surface area (Å²) >= 11 is 0. The summed E-state index contributed by atoms with van der Waals surface area (Å²) in [5, 5.41) is 0. The van der Waals surface area contributed by atoms with Crippen molar-refractivity contribution < 1.29 is 4.79 Å². The molecule has 0 saturated carbocycles. The molecule has 4 rings (SSSR count). The number of benzene rings is 1. The Labute approximate surface area is 167 Å². The topological polar surface area (TPSA) is 42.9 Å². The Balaban J connectivity index is 1.23. The molecule has 2 fully saturated rings. The fourth-order valence-electron chi connectivity index (χ4n) is 4.01.